The van der Waals surface area contributed by atoms with Gasteiger partial charge in [0.2, 0.25) is 5.91 Å². The van der Waals surface area contributed by atoms with Crippen LogP contribution in [-0.4, -0.2) is 20.8 Å². The van der Waals surface area contributed by atoms with Gasteiger partial charge in [0, 0.05) is 13.0 Å². The number of fused-ring (bicyclic) bond motifs is 1. The summed E-state index contributed by atoms with van der Waals surface area (Å²) in [7, 11) is 0. The Labute approximate surface area is 234 Å². The minimum absolute atomic E-state index is 0.150. The molecule has 0 saturated heterocycles. The number of rotatable bonds is 7. The van der Waals surface area contributed by atoms with Gasteiger partial charge >= 0.3 is 0 Å². The quantitative estimate of drug-likeness (QED) is 0.265. The van der Waals surface area contributed by atoms with Crippen molar-refractivity contribution in [3.05, 3.63) is 143 Å². The van der Waals surface area contributed by atoms with Gasteiger partial charge in [-0.15, -0.1) is 0 Å². The lowest BCUT2D eigenvalue weighted by Gasteiger charge is -2.40. The van der Waals surface area contributed by atoms with Gasteiger partial charge in [-0.05, 0) is 46.9 Å². The number of carbonyl (C=O) groups excluding carboxylic acids is 1. The van der Waals surface area contributed by atoms with Gasteiger partial charge in [-0.2, -0.15) is 0 Å². The van der Waals surface area contributed by atoms with E-state index in [2.05, 4.69) is 17.1 Å². The van der Waals surface area contributed by atoms with Crippen LogP contribution in [0.5, 0.6) is 5.75 Å². The molecule has 0 saturated carbocycles. The molecule has 0 aliphatic carbocycles. The third-order valence-electron chi connectivity index (χ3n) is 7.65. The molecule has 3 N–H and O–H groups in total. The van der Waals surface area contributed by atoms with E-state index in [1.165, 1.54) is 5.56 Å². The fourth-order valence-corrected chi connectivity index (χ4v) is 5.31. The van der Waals surface area contributed by atoms with Crippen LogP contribution in [0.15, 0.2) is 115 Å². The number of carbonyl (C=O) groups is 1. The molecular weight excluding hydrogens is 496 g/mol. The number of aromatic amines is 1. The second kappa shape index (κ2) is 10.8. The molecular formula is C34H32N4O2. The molecule has 1 aliphatic rings. The normalized spacial score (nSPS) is 16.1. The molecule has 6 nitrogen and oxygen atoms in total. The van der Waals surface area contributed by atoms with Crippen LogP contribution in [-0.2, 0) is 29.9 Å². The maximum atomic E-state index is 14.2. The van der Waals surface area contributed by atoms with Crippen molar-refractivity contribution in [2.24, 2.45) is 5.73 Å². The van der Waals surface area contributed by atoms with E-state index >= 15 is 0 Å². The molecule has 0 bridgehead atoms. The average molecular weight is 529 g/mol. The highest BCUT2D eigenvalue weighted by atomic mass is 16.5. The van der Waals surface area contributed by atoms with Crippen molar-refractivity contribution in [3.63, 3.8) is 0 Å². The molecule has 0 radical (unpaired) electrons. The molecule has 2 heterocycles. The van der Waals surface area contributed by atoms with Crippen molar-refractivity contribution in [1.82, 2.24) is 14.9 Å². The van der Waals surface area contributed by atoms with E-state index in [0.717, 1.165) is 39.5 Å². The van der Waals surface area contributed by atoms with Crippen LogP contribution in [0.1, 0.15) is 41.0 Å². The summed E-state index contributed by atoms with van der Waals surface area (Å²) in [5, 5.41) is 0. The fraction of sp³-hybridized carbons (Fsp3) is 0.176. The maximum Gasteiger partial charge on any atom is 0.247 e. The molecule has 1 amide bonds. The van der Waals surface area contributed by atoms with E-state index in [-0.39, 0.29) is 11.9 Å². The van der Waals surface area contributed by atoms with Crippen LogP contribution in [0.4, 0.5) is 0 Å². The van der Waals surface area contributed by atoms with Crippen LogP contribution in [0.2, 0.25) is 0 Å². The predicted octanol–water partition coefficient (Wildman–Crippen LogP) is 6.16. The summed E-state index contributed by atoms with van der Waals surface area (Å²) in [4.78, 5) is 24.3. The van der Waals surface area contributed by atoms with Gasteiger partial charge in [0.15, 0.2) is 0 Å². The van der Waals surface area contributed by atoms with Gasteiger partial charge in [-0.25, -0.2) is 4.98 Å². The number of hydrogen-bond acceptors (Lipinski definition) is 4. The molecule has 2 atom stereocenters. The van der Waals surface area contributed by atoms with Gasteiger partial charge in [-0.3, -0.25) is 4.79 Å². The van der Waals surface area contributed by atoms with Crippen LogP contribution in [0, 0.1) is 0 Å². The SMILES string of the molecule is C[C@@](N)(C(=O)N1Cc2ccccc2C[C@H]1c1ncc(-c2ccccc2)[nH]1)c1ccc(OCc2ccccc2)cc1. The van der Waals surface area contributed by atoms with Gasteiger partial charge < -0.3 is 20.4 Å². The average Bonchev–Trinajstić information content (AvgIpc) is 3.50. The smallest absolute Gasteiger partial charge is 0.247 e. The highest BCUT2D eigenvalue weighted by Gasteiger charge is 2.41. The summed E-state index contributed by atoms with van der Waals surface area (Å²) in [5.41, 5.74) is 11.7. The summed E-state index contributed by atoms with van der Waals surface area (Å²) in [6, 6.07) is 35.6. The third kappa shape index (κ3) is 5.14. The molecule has 0 spiro atoms. The molecule has 6 heteroatoms. The van der Waals surface area contributed by atoms with E-state index in [4.69, 9.17) is 15.5 Å². The molecule has 1 aromatic heterocycles. The number of nitrogens with two attached hydrogens (primary N) is 1. The van der Waals surface area contributed by atoms with E-state index in [9.17, 15) is 4.79 Å². The summed E-state index contributed by atoms with van der Waals surface area (Å²) < 4.78 is 5.94. The lowest BCUT2D eigenvalue weighted by molar-refractivity contribution is -0.140. The molecule has 0 unspecified atom stereocenters. The number of nitrogens with zero attached hydrogens (tertiary/aromatic N) is 2. The minimum Gasteiger partial charge on any atom is -0.489 e. The van der Waals surface area contributed by atoms with Crippen LogP contribution in [0.25, 0.3) is 11.3 Å². The Balaban J connectivity index is 1.26. The van der Waals surface area contributed by atoms with Gasteiger partial charge in [-0.1, -0.05) is 97.1 Å². The number of ether oxygens (including phenoxy) is 1. The van der Waals surface area contributed by atoms with E-state index in [1.807, 2.05) is 108 Å². The van der Waals surface area contributed by atoms with E-state index in [1.54, 1.807) is 6.92 Å². The van der Waals surface area contributed by atoms with Crippen molar-refractivity contribution in [2.45, 2.75) is 38.1 Å². The molecule has 40 heavy (non-hydrogen) atoms. The van der Waals surface area contributed by atoms with Crippen molar-refractivity contribution >= 4 is 5.91 Å². The molecule has 1 aliphatic heterocycles. The van der Waals surface area contributed by atoms with E-state index in [0.29, 0.717) is 19.6 Å². The zero-order valence-corrected chi connectivity index (χ0v) is 22.5. The highest BCUT2D eigenvalue weighted by molar-refractivity contribution is 5.87. The molecule has 200 valence electrons. The number of amides is 1. The first-order chi connectivity index (χ1) is 19.5. The summed E-state index contributed by atoms with van der Waals surface area (Å²) >= 11 is 0. The zero-order chi connectivity index (χ0) is 27.5. The minimum atomic E-state index is -1.24. The molecule has 0 fully saturated rings. The molecule has 4 aromatic carbocycles. The van der Waals surface area contributed by atoms with Gasteiger partial charge in [0.05, 0.1) is 17.9 Å². The Morgan fingerprint density at radius 3 is 2.30 bits per heavy atom. The number of benzene rings is 4. The Morgan fingerprint density at radius 2 is 1.57 bits per heavy atom. The number of imidazole rings is 1. The Morgan fingerprint density at radius 1 is 0.925 bits per heavy atom. The first-order valence-electron chi connectivity index (χ1n) is 13.5. The highest BCUT2D eigenvalue weighted by Crippen LogP contribution is 2.36. The van der Waals surface area contributed by atoms with Crippen LogP contribution >= 0.6 is 0 Å². The van der Waals surface area contributed by atoms with Crippen molar-refractivity contribution in [1.29, 1.82) is 0 Å². The van der Waals surface area contributed by atoms with Gasteiger partial charge in [0.1, 0.15) is 23.7 Å². The molecule has 5 aromatic rings. The third-order valence-corrected chi connectivity index (χ3v) is 7.65. The predicted molar refractivity (Wildman–Crippen MR) is 156 cm³/mol. The second-order valence-electron chi connectivity index (χ2n) is 10.5. The number of hydrogen-bond donors (Lipinski definition) is 2. The van der Waals surface area contributed by atoms with Crippen molar-refractivity contribution in [2.75, 3.05) is 0 Å². The Bertz CT molecular complexity index is 1590. The zero-order valence-electron chi connectivity index (χ0n) is 22.5. The first kappa shape index (κ1) is 25.6. The fourth-order valence-electron chi connectivity index (χ4n) is 5.31. The number of aromatic nitrogens is 2. The number of H-pyrrole nitrogens is 1. The largest absolute Gasteiger partial charge is 0.489 e. The van der Waals surface area contributed by atoms with Crippen molar-refractivity contribution in [3.8, 4) is 17.0 Å². The Hall–Kier alpha value is -4.68. The van der Waals surface area contributed by atoms with Crippen LogP contribution < -0.4 is 10.5 Å². The van der Waals surface area contributed by atoms with E-state index < -0.39 is 5.54 Å². The lowest BCUT2D eigenvalue weighted by atomic mass is 9.87. The number of nitrogens with one attached hydrogen (secondary N) is 1. The van der Waals surface area contributed by atoms with Gasteiger partial charge in [0.25, 0.3) is 0 Å². The summed E-state index contributed by atoms with van der Waals surface area (Å²) in [6.07, 6.45) is 2.50. The standard InChI is InChI=1S/C34H32N4O2/c1-34(35,28-16-18-29(19-17-28)40-23-24-10-4-2-5-11-24)33(39)38-22-27-15-9-8-14-26(27)20-31(38)32-36-21-30(37-32)25-12-6-3-7-13-25/h2-19,21,31H,20,22-23,35H2,1H3,(H,36,37)/t31-,34-/m0/s1. The summed E-state index contributed by atoms with van der Waals surface area (Å²) in [6.45, 7) is 2.72. The summed E-state index contributed by atoms with van der Waals surface area (Å²) in [5.74, 6) is 1.33. The Kier molecular flexibility index (Phi) is 6.93. The second-order valence-corrected chi connectivity index (χ2v) is 10.5. The lowest BCUT2D eigenvalue weighted by Crippen LogP contribution is -2.53. The monoisotopic (exact) mass is 528 g/mol. The topological polar surface area (TPSA) is 84.2 Å². The molecule has 6 rings (SSSR count). The van der Waals surface area contributed by atoms with Crippen LogP contribution in [0.3, 0.4) is 0 Å². The first-order valence-corrected chi connectivity index (χ1v) is 13.5. The van der Waals surface area contributed by atoms with Crippen molar-refractivity contribution < 1.29 is 9.53 Å². The maximum absolute atomic E-state index is 14.2.